The summed E-state index contributed by atoms with van der Waals surface area (Å²) in [6.07, 6.45) is -1.96. The molecular formula is C11H17NO4. The Morgan fingerprint density at radius 3 is 2.31 bits per heavy atom. The lowest BCUT2D eigenvalue weighted by Crippen LogP contribution is -2.27. The predicted octanol–water partition coefficient (Wildman–Crippen LogP) is -0.589. The molecule has 0 aliphatic rings. The fourth-order valence-electron chi connectivity index (χ4n) is 1.28. The Hall–Kier alpha value is -1.14. The highest BCUT2D eigenvalue weighted by Crippen LogP contribution is 2.19. The summed E-state index contributed by atoms with van der Waals surface area (Å²) in [7, 11) is 0. The Bertz CT molecular complexity index is 301. The molecule has 2 unspecified atom stereocenters. The average Bonchev–Trinajstić information content (AvgIpc) is 2.35. The predicted molar refractivity (Wildman–Crippen MR) is 59.0 cm³/mol. The molecule has 5 heteroatoms. The van der Waals surface area contributed by atoms with Crippen molar-refractivity contribution in [2.75, 3.05) is 19.8 Å². The van der Waals surface area contributed by atoms with Crippen LogP contribution in [0.3, 0.4) is 0 Å². The topological polar surface area (TPSA) is 95.9 Å². The van der Waals surface area contributed by atoms with Gasteiger partial charge in [-0.05, 0) is 17.7 Å². The second-order valence-electron chi connectivity index (χ2n) is 3.39. The van der Waals surface area contributed by atoms with Crippen molar-refractivity contribution in [1.29, 1.82) is 0 Å². The van der Waals surface area contributed by atoms with Gasteiger partial charge in [0.15, 0.2) is 0 Å². The monoisotopic (exact) mass is 227 g/mol. The Morgan fingerprint density at radius 2 is 1.81 bits per heavy atom. The second kappa shape index (κ2) is 6.44. The summed E-state index contributed by atoms with van der Waals surface area (Å²) in [5.41, 5.74) is 5.82. The highest BCUT2D eigenvalue weighted by atomic mass is 16.5. The minimum Gasteiger partial charge on any atom is -0.491 e. The lowest BCUT2D eigenvalue weighted by atomic mass is 10.0. The van der Waals surface area contributed by atoms with E-state index in [2.05, 4.69) is 0 Å². The maximum absolute atomic E-state index is 9.65. The molecular weight excluding hydrogens is 210 g/mol. The number of aliphatic hydroxyl groups excluding tert-OH is 3. The maximum atomic E-state index is 9.65. The first kappa shape index (κ1) is 12.9. The average molecular weight is 227 g/mol. The maximum Gasteiger partial charge on any atom is 0.119 e. The van der Waals surface area contributed by atoms with Gasteiger partial charge in [-0.1, -0.05) is 12.1 Å². The Morgan fingerprint density at radius 1 is 1.19 bits per heavy atom. The van der Waals surface area contributed by atoms with Gasteiger partial charge in [0.2, 0.25) is 0 Å². The normalized spacial score (nSPS) is 14.5. The zero-order chi connectivity index (χ0) is 12.0. The molecule has 0 aromatic heterocycles. The van der Waals surface area contributed by atoms with E-state index in [1.807, 2.05) is 0 Å². The SMILES string of the molecule is NCC(O)C(O)c1ccc(OCCO)cc1. The molecule has 0 amide bonds. The first-order chi connectivity index (χ1) is 7.69. The first-order valence-electron chi connectivity index (χ1n) is 5.09. The van der Waals surface area contributed by atoms with Crippen LogP contribution in [0.15, 0.2) is 24.3 Å². The molecule has 0 fully saturated rings. The van der Waals surface area contributed by atoms with Crippen molar-refractivity contribution >= 4 is 0 Å². The molecule has 0 radical (unpaired) electrons. The van der Waals surface area contributed by atoms with E-state index in [1.165, 1.54) is 0 Å². The zero-order valence-electron chi connectivity index (χ0n) is 8.91. The molecule has 1 aromatic rings. The van der Waals surface area contributed by atoms with Crippen LogP contribution in [0.25, 0.3) is 0 Å². The summed E-state index contributed by atoms with van der Waals surface area (Å²) >= 11 is 0. The van der Waals surface area contributed by atoms with Crippen molar-refractivity contribution in [1.82, 2.24) is 0 Å². The van der Waals surface area contributed by atoms with E-state index in [1.54, 1.807) is 24.3 Å². The van der Waals surface area contributed by atoms with Gasteiger partial charge < -0.3 is 25.8 Å². The fourth-order valence-corrected chi connectivity index (χ4v) is 1.28. The second-order valence-corrected chi connectivity index (χ2v) is 3.39. The van der Waals surface area contributed by atoms with Crippen LogP contribution in [-0.2, 0) is 0 Å². The molecule has 5 N–H and O–H groups in total. The zero-order valence-corrected chi connectivity index (χ0v) is 8.91. The summed E-state index contributed by atoms with van der Waals surface area (Å²) in [5.74, 6) is 0.604. The minimum atomic E-state index is -0.989. The fraction of sp³-hybridized carbons (Fsp3) is 0.455. The Kier molecular flexibility index (Phi) is 5.21. The number of aliphatic hydroxyl groups is 3. The summed E-state index contributed by atoms with van der Waals surface area (Å²) < 4.78 is 5.16. The molecule has 90 valence electrons. The highest BCUT2D eigenvalue weighted by Gasteiger charge is 2.16. The van der Waals surface area contributed by atoms with E-state index >= 15 is 0 Å². The van der Waals surface area contributed by atoms with Crippen molar-refractivity contribution < 1.29 is 20.1 Å². The molecule has 0 saturated carbocycles. The lowest BCUT2D eigenvalue weighted by Gasteiger charge is -2.16. The van der Waals surface area contributed by atoms with Gasteiger partial charge in [-0.3, -0.25) is 0 Å². The summed E-state index contributed by atoms with van der Waals surface area (Å²) in [6, 6.07) is 6.63. The molecule has 0 saturated heterocycles. The van der Waals surface area contributed by atoms with E-state index in [4.69, 9.17) is 15.6 Å². The molecule has 0 aliphatic heterocycles. The molecule has 1 rings (SSSR count). The molecule has 2 atom stereocenters. The van der Waals surface area contributed by atoms with E-state index in [-0.39, 0.29) is 19.8 Å². The molecule has 0 heterocycles. The number of ether oxygens (including phenoxy) is 1. The van der Waals surface area contributed by atoms with Gasteiger partial charge in [0.25, 0.3) is 0 Å². The molecule has 0 aliphatic carbocycles. The van der Waals surface area contributed by atoms with Crippen molar-refractivity contribution in [3.8, 4) is 5.75 Å². The minimum absolute atomic E-state index is 0.00390. The van der Waals surface area contributed by atoms with Crippen LogP contribution in [0, 0.1) is 0 Å². The van der Waals surface area contributed by atoms with Crippen LogP contribution in [0.1, 0.15) is 11.7 Å². The first-order valence-corrected chi connectivity index (χ1v) is 5.09. The number of hydrogen-bond acceptors (Lipinski definition) is 5. The highest BCUT2D eigenvalue weighted by molar-refractivity contribution is 5.29. The van der Waals surface area contributed by atoms with Gasteiger partial charge in [0.05, 0.1) is 12.7 Å². The standard InChI is InChI=1S/C11H17NO4/c12-7-10(14)11(15)8-1-3-9(4-2-8)16-6-5-13/h1-4,10-11,13-15H,5-7,12H2. The van der Waals surface area contributed by atoms with Crippen LogP contribution in [0.5, 0.6) is 5.75 Å². The van der Waals surface area contributed by atoms with Gasteiger partial charge in [-0.15, -0.1) is 0 Å². The van der Waals surface area contributed by atoms with Gasteiger partial charge in [-0.2, -0.15) is 0 Å². The molecule has 0 spiro atoms. The third-order valence-electron chi connectivity index (χ3n) is 2.19. The van der Waals surface area contributed by atoms with Crippen LogP contribution in [-0.4, -0.2) is 41.2 Å². The van der Waals surface area contributed by atoms with Crippen molar-refractivity contribution in [2.45, 2.75) is 12.2 Å². The van der Waals surface area contributed by atoms with Gasteiger partial charge >= 0.3 is 0 Å². The number of hydrogen-bond donors (Lipinski definition) is 4. The largest absolute Gasteiger partial charge is 0.491 e. The van der Waals surface area contributed by atoms with E-state index in [0.717, 1.165) is 0 Å². The quantitative estimate of drug-likeness (QED) is 0.521. The smallest absolute Gasteiger partial charge is 0.119 e. The van der Waals surface area contributed by atoms with Gasteiger partial charge in [0.1, 0.15) is 18.5 Å². The summed E-state index contributed by atoms with van der Waals surface area (Å²) in [4.78, 5) is 0. The van der Waals surface area contributed by atoms with Crippen LogP contribution < -0.4 is 10.5 Å². The lowest BCUT2D eigenvalue weighted by molar-refractivity contribution is 0.0243. The van der Waals surface area contributed by atoms with Gasteiger partial charge in [-0.25, -0.2) is 0 Å². The summed E-state index contributed by atoms with van der Waals surface area (Å²) in [5, 5.41) is 27.6. The van der Waals surface area contributed by atoms with E-state index in [9.17, 15) is 10.2 Å². The van der Waals surface area contributed by atoms with Crippen LogP contribution >= 0.6 is 0 Å². The number of rotatable bonds is 6. The van der Waals surface area contributed by atoms with E-state index in [0.29, 0.717) is 11.3 Å². The third-order valence-corrected chi connectivity index (χ3v) is 2.19. The molecule has 1 aromatic carbocycles. The van der Waals surface area contributed by atoms with Crippen molar-refractivity contribution in [3.63, 3.8) is 0 Å². The summed E-state index contributed by atoms with van der Waals surface area (Å²) in [6.45, 7) is 0.188. The molecule has 16 heavy (non-hydrogen) atoms. The van der Waals surface area contributed by atoms with Crippen molar-refractivity contribution in [2.24, 2.45) is 5.73 Å². The van der Waals surface area contributed by atoms with Crippen LogP contribution in [0.2, 0.25) is 0 Å². The third kappa shape index (κ3) is 3.46. The number of benzene rings is 1. The van der Waals surface area contributed by atoms with E-state index < -0.39 is 12.2 Å². The van der Waals surface area contributed by atoms with Crippen LogP contribution in [0.4, 0.5) is 0 Å². The Labute approximate surface area is 94.1 Å². The molecule has 5 nitrogen and oxygen atoms in total. The van der Waals surface area contributed by atoms with Crippen molar-refractivity contribution in [3.05, 3.63) is 29.8 Å². The molecule has 0 bridgehead atoms. The van der Waals surface area contributed by atoms with Gasteiger partial charge in [0, 0.05) is 6.54 Å². The number of nitrogens with two attached hydrogens (primary N) is 1. The Balaban J connectivity index is 2.63.